The van der Waals surface area contributed by atoms with Crippen molar-refractivity contribution >= 4 is 29.6 Å². The van der Waals surface area contributed by atoms with Crippen LogP contribution in [0.4, 0.5) is 0 Å². The number of hydrogen-bond acceptors (Lipinski definition) is 5. The van der Waals surface area contributed by atoms with Crippen LogP contribution in [0.2, 0.25) is 5.02 Å². The molecule has 154 valence electrons. The number of carbonyl (C=O) groups is 2. The number of carbonyl (C=O) groups excluding carboxylic acids is 1. The number of methoxy groups -OCH3 is 2. The zero-order valence-corrected chi connectivity index (χ0v) is 17.3. The van der Waals surface area contributed by atoms with E-state index in [-0.39, 0.29) is 12.3 Å². The van der Waals surface area contributed by atoms with Crippen LogP contribution in [0.1, 0.15) is 16.7 Å². The molecule has 2 N–H and O–H groups in total. The minimum atomic E-state index is -1.29. The average molecular weight is 420 g/mol. The number of aliphatic carboxylic acids is 1. The number of carboxylic acid groups (broad SMARTS) is 1. The predicted molar refractivity (Wildman–Crippen MR) is 110 cm³/mol. The molecule has 0 heterocycles. The summed E-state index contributed by atoms with van der Waals surface area (Å²) in [6.07, 6.45) is 1.32. The average Bonchev–Trinajstić information content (AvgIpc) is 2.69. The number of amides is 1. The first kappa shape index (κ1) is 22.1. The van der Waals surface area contributed by atoms with Gasteiger partial charge in [-0.1, -0.05) is 17.7 Å². The maximum atomic E-state index is 12.2. The van der Waals surface area contributed by atoms with Gasteiger partial charge in [0.2, 0.25) is 0 Å². The molecule has 1 amide bonds. The fourth-order valence-corrected chi connectivity index (χ4v) is 2.69. The molecule has 0 spiro atoms. The number of ether oxygens (including phenoxy) is 3. The lowest BCUT2D eigenvalue weighted by Gasteiger charge is -2.11. The summed E-state index contributed by atoms with van der Waals surface area (Å²) in [6.45, 7) is 3.31. The molecule has 0 saturated carbocycles. The molecule has 2 rings (SSSR count). The van der Waals surface area contributed by atoms with E-state index in [1.165, 1.54) is 20.3 Å². The highest BCUT2D eigenvalue weighted by Gasteiger charge is 2.14. The molecule has 0 aliphatic heterocycles. The maximum absolute atomic E-state index is 12.2. The first-order valence-corrected chi connectivity index (χ1v) is 8.99. The third kappa shape index (κ3) is 5.89. The molecule has 0 saturated heterocycles. The Hall–Kier alpha value is -3.19. The van der Waals surface area contributed by atoms with E-state index >= 15 is 0 Å². The van der Waals surface area contributed by atoms with Crippen molar-refractivity contribution in [2.24, 2.45) is 0 Å². The van der Waals surface area contributed by atoms with Crippen molar-refractivity contribution in [1.29, 1.82) is 0 Å². The summed E-state index contributed by atoms with van der Waals surface area (Å²) < 4.78 is 15.8. The van der Waals surface area contributed by atoms with Crippen molar-refractivity contribution in [2.45, 2.75) is 13.8 Å². The summed E-state index contributed by atoms with van der Waals surface area (Å²) in [7, 11) is 2.97. The van der Waals surface area contributed by atoms with Gasteiger partial charge in [0.1, 0.15) is 11.4 Å². The molecule has 2 aromatic rings. The van der Waals surface area contributed by atoms with Gasteiger partial charge in [-0.15, -0.1) is 0 Å². The zero-order valence-electron chi connectivity index (χ0n) is 16.5. The van der Waals surface area contributed by atoms with E-state index < -0.39 is 11.9 Å². The lowest BCUT2D eigenvalue weighted by Crippen LogP contribution is -2.31. The van der Waals surface area contributed by atoms with Crippen LogP contribution in [0.5, 0.6) is 17.2 Å². The second-order valence-corrected chi connectivity index (χ2v) is 6.56. The van der Waals surface area contributed by atoms with Crippen LogP contribution in [0, 0.1) is 13.8 Å². The summed E-state index contributed by atoms with van der Waals surface area (Å²) in [6, 6.07) is 8.30. The molecule has 0 atom stereocenters. The van der Waals surface area contributed by atoms with E-state index in [1.807, 2.05) is 13.8 Å². The van der Waals surface area contributed by atoms with Crippen LogP contribution >= 0.6 is 11.6 Å². The van der Waals surface area contributed by atoms with Crippen molar-refractivity contribution in [3.8, 4) is 17.2 Å². The fraction of sp³-hybridized carbons (Fsp3) is 0.238. The predicted octanol–water partition coefficient (Wildman–Crippen LogP) is 3.59. The SMILES string of the molecule is COc1ccc(/C=C(/NC(=O)COc2cc(C)c(Cl)c(C)c2)C(=O)O)cc1OC. The molecule has 2 aromatic carbocycles. The second-order valence-electron chi connectivity index (χ2n) is 6.19. The standard InChI is InChI=1S/C21H22ClNO6/c1-12-7-15(8-13(2)20(12)22)29-11-19(24)23-16(21(25)26)9-14-5-6-17(27-3)18(10-14)28-4/h5-10H,11H2,1-4H3,(H,23,24)(H,25,26)/b16-9+. The van der Waals surface area contributed by atoms with E-state index in [1.54, 1.807) is 30.3 Å². The number of nitrogens with one attached hydrogen (secondary N) is 1. The highest BCUT2D eigenvalue weighted by Crippen LogP contribution is 2.28. The van der Waals surface area contributed by atoms with Crippen LogP contribution in [0.25, 0.3) is 6.08 Å². The topological polar surface area (TPSA) is 94.1 Å². The van der Waals surface area contributed by atoms with Gasteiger partial charge in [0.25, 0.3) is 5.91 Å². The normalized spacial score (nSPS) is 11.0. The van der Waals surface area contributed by atoms with Gasteiger partial charge in [0, 0.05) is 5.02 Å². The van der Waals surface area contributed by atoms with Crippen molar-refractivity contribution < 1.29 is 28.9 Å². The Morgan fingerprint density at radius 3 is 2.24 bits per heavy atom. The van der Waals surface area contributed by atoms with Crippen LogP contribution in [-0.4, -0.2) is 37.8 Å². The first-order valence-electron chi connectivity index (χ1n) is 8.61. The molecule has 0 fully saturated rings. The molecule has 8 heteroatoms. The number of aryl methyl sites for hydroxylation is 2. The number of halogens is 1. The maximum Gasteiger partial charge on any atom is 0.352 e. The third-order valence-corrected chi connectivity index (χ3v) is 4.60. The largest absolute Gasteiger partial charge is 0.493 e. The monoisotopic (exact) mass is 419 g/mol. The van der Waals surface area contributed by atoms with E-state index in [0.29, 0.717) is 27.8 Å². The van der Waals surface area contributed by atoms with Crippen LogP contribution in [-0.2, 0) is 9.59 Å². The molecule has 0 unspecified atom stereocenters. The van der Waals surface area contributed by atoms with E-state index in [9.17, 15) is 14.7 Å². The lowest BCUT2D eigenvalue weighted by molar-refractivity contribution is -0.134. The van der Waals surface area contributed by atoms with E-state index in [0.717, 1.165) is 11.1 Å². The Balaban J connectivity index is 2.11. The zero-order chi connectivity index (χ0) is 21.6. The van der Waals surface area contributed by atoms with Gasteiger partial charge in [0.15, 0.2) is 18.1 Å². The van der Waals surface area contributed by atoms with Gasteiger partial charge < -0.3 is 24.6 Å². The van der Waals surface area contributed by atoms with Crippen LogP contribution in [0.15, 0.2) is 36.0 Å². The second kappa shape index (κ2) is 9.84. The highest BCUT2D eigenvalue weighted by atomic mass is 35.5. The Bertz CT molecular complexity index is 931. The van der Waals surface area contributed by atoms with E-state index in [2.05, 4.69) is 5.32 Å². The Morgan fingerprint density at radius 2 is 1.69 bits per heavy atom. The van der Waals surface area contributed by atoms with Gasteiger partial charge in [-0.25, -0.2) is 4.79 Å². The summed E-state index contributed by atoms with van der Waals surface area (Å²) in [5, 5.41) is 12.4. The minimum absolute atomic E-state index is 0.297. The fourth-order valence-electron chi connectivity index (χ4n) is 2.59. The molecule has 0 aromatic heterocycles. The molecule has 0 aliphatic carbocycles. The van der Waals surface area contributed by atoms with Gasteiger partial charge >= 0.3 is 5.97 Å². The van der Waals surface area contributed by atoms with E-state index in [4.69, 9.17) is 25.8 Å². The molecule has 29 heavy (non-hydrogen) atoms. The summed E-state index contributed by atoms with van der Waals surface area (Å²) in [4.78, 5) is 23.7. The van der Waals surface area contributed by atoms with Gasteiger partial charge in [0.05, 0.1) is 14.2 Å². The summed E-state index contributed by atoms with van der Waals surface area (Å²) in [5.74, 6) is -0.474. The Morgan fingerprint density at radius 1 is 1.07 bits per heavy atom. The van der Waals surface area contributed by atoms with Crippen LogP contribution < -0.4 is 19.5 Å². The van der Waals surface area contributed by atoms with Gasteiger partial charge in [-0.05, 0) is 60.9 Å². The first-order chi connectivity index (χ1) is 13.7. The van der Waals surface area contributed by atoms with Gasteiger partial charge in [-0.3, -0.25) is 4.79 Å². The molecular formula is C21H22ClNO6. The third-order valence-electron chi connectivity index (χ3n) is 4.00. The lowest BCUT2D eigenvalue weighted by atomic mass is 10.1. The molecule has 7 nitrogen and oxygen atoms in total. The highest BCUT2D eigenvalue weighted by molar-refractivity contribution is 6.32. The number of benzene rings is 2. The van der Waals surface area contributed by atoms with Crippen molar-refractivity contribution in [2.75, 3.05) is 20.8 Å². The molecule has 0 radical (unpaired) electrons. The Kier molecular flexibility index (Phi) is 7.50. The van der Waals surface area contributed by atoms with Crippen molar-refractivity contribution in [1.82, 2.24) is 5.32 Å². The summed E-state index contributed by atoms with van der Waals surface area (Å²) in [5.41, 5.74) is 1.86. The Labute approximate surface area is 173 Å². The molecule has 0 aliphatic rings. The number of hydrogen-bond donors (Lipinski definition) is 2. The van der Waals surface area contributed by atoms with Crippen molar-refractivity contribution in [3.05, 3.63) is 57.7 Å². The number of rotatable bonds is 8. The number of carboxylic acids is 1. The molecule has 0 bridgehead atoms. The quantitative estimate of drug-likeness (QED) is 0.635. The minimum Gasteiger partial charge on any atom is -0.493 e. The van der Waals surface area contributed by atoms with Gasteiger partial charge in [-0.2, -0.15) is 0 Å². The summed E-state index contributed by atoms with van der Waals surface area (Å²) >= 11 is 6.11. The van der Waals surface area contributed by atoms with Crippen molar-refractivity contribution in [3.63, 3.8) is 0 Å². The van der Waals surface area contributed by atoms with Crippen LogP contribution in [0.3, 0.4) is 0 Å². The smallest absolute Gasteiger partial charge is 0.352 e. The molecular weight excluding hydrogens is 398 g/mol.